The van der Waals surface area contributed by atoms with Gasteiger partial charge in [-0.15, -0.1) is 0 Å². The van der Waals surface area contributed by atoms with Crippen LogP contribution in [-0.4, -0.2) is 39.7 Å². The number of rotatable bonds is 6. The second-order valence-electron chi connectivity index (χ2n) is 8.41. The van der Waals surface area contributed by atoms with E-state index in [1.807, 2.05) is 24.1 Å². The Balaban J connectivity index is 1.50. The summed E-state index contributed by atoms with van der Waals surface area (Å²) in [6, 6.07) is 9.18. The summed E-state index contributed by atoms with van der Waals surface area (Å²) in [5.74, 6) is 1.05. The van der Waals surface area contributed by atoms with E-state index in [-0.39, 0.29) is 11.8 Å². The van der Waals surface area contributed by atoms with Crippen LogP contribution in [0.15, 0.2) is 36.7 Å². The summed E-state index contributed by atoms with van der Waals surface area (Å²) in [5.41, 5.74) is 3.74. The molecule has 0 bridgehead atoms. The van der Waals surface area contributed by atoms with E-state index < -0.39 is 0 Å². The molecule has 5 heteroatoms. The molecule has 1 N–H and O–H groups in total. The minimum Gasteiger partial charge on any atom is -0.335 e. The van der Waals surface area contributed by atoms with Crippen LogP contribution in [0.1, 0.15) is 55.2 Å². The number of amides is 1. The standard InChI is InChI=1S/C22H30N4O/c1-15(2)17-6-4-16(5-7-17)13-26(19-8-9-19)22(27)21-12-23-11-20(21)18-10-24-25(3)14-18/h4-7,10,14-15,19-21,23H,8-9,11-13H2,1-3H3/t20-,21+/m1/s1. The average Bonchev–Trinajstić information content (AvgIpc) is 3.21. The zero-order chi connectivity index (χ0) is 19.0. The van der Waals surface area contributed by atoms with E-state index in [0.29, 0.717) is 17.9 Å². The Bertz CT molecular complexity index is 791. The molecule has 2 heterocycles. The topological polar surface area (TPSA) is 50.2 Å². The van der Waals surface area contributed by atoms with E-state index in [1.165, 1.54) is 11.1 Å². The lowest BCUT2D eigenvalue weighted by Crippen LogP contribution is -2.39. The second-order valence-corrected chi connectivity index (χ2v) is 8.41. The fourth-order valence-corrected chi connectivity index (χ4v) is 4.11. The van der Waals surface area contributed by atoms with Gasteiger partial charge >= 0.3 is 0 Å². The number of aromatic nitrogens is 2. The van der Waals surface area contributed by atoms with Gasteiger partial charge in [0.1, 0.15) is 0 Å². The van der Waals surface area contributed by atoms with Crippen molar-refractivity contribution in [2.45, 2.75) is 51.1 Å². The molecule has 1 aliphatic heterocycles. The van der Waals surface area contributed by atoms with Gasteiger partial charge in [0.15, 0.2) is 0 Å². The van der Waals surface area contributed by atoms with Crippen LogP contribution in [-0.2, 0) is 18.4 Å². The maximum absolute atomic E-state index is 13.5. The molecule has 0 spiro atoms. The number of nitrogens with zero attached hydrogens (tertiary/aromatic N) is 3. The molecule has 4 rings (SSSR count). The van der Waals surface area contributed by atoms with Crippen molar-refractivity contribution in [2.24, 2.45) is 13.0 Å². The van der Waals surface area contributed by atoms with Crippen LogP contribution in [0.3, 0.4) is 0 Å². The lowest BCUT2D eigenvalue weighted by atomic mass is 9.89. The van der Waals surface area contributed by atoms with Gasteiger partial charge in [0.2, 0.25) is 5.91 Å². The SMILES string of the molecule is CC(C)c1ccc(CN(C(=O)[C@H]2CNC[C@@H]2c2cnn(C)c2)C2CC2)cc1. The fourth-order valence-electron chi connectivity index (χ4n) is 4.11. The zero-order valence-corrected chi connectivity index (χ0v) is 16.6. The molecule has 1 saturated carbocycles. The molecule has 27 heavy (non-hydrogen) atoms. The smallest absolute Gasteiger partial charge is 0.228 e. The number of hydrogen-bond acceptors (Lipinski definition) is 3. The Morgan fingerprint density at radius 1 is 1.26 bits per heavy atom. The molecule has 1 aliphatic carbocycles. The van der Waals surface area contributed by atoms with Gasteiger partial charge in [-0.2, -0.15) is 5.10 Å². The van der Waals surface area contributed by atoms with Gasteiger partial charge in [-0.3, -0.25) is 9.48 Å². The van der Waals surface area contributed by atoms with E-state index >= 15 is 0 Å². The third kappa shape index (κ3) is 3.93. The lowest BCUT2D eigenvalue weighted by Gasteiger charge is -2.28. The lowest BCUT2D eigenvalue weighted by molar-refractivity contribution is -0.136. The van der Waals surface area contributed by atoms with Gasteiger partial charge < -0.3 is 10.2 Å². The van der Waals surface area contributed by atoms with Gasteiger partial charge in [-0.1, -0.05) is 38.1 Å². The molecule has 0 radical (unpaired) electrons. The van der Waals surface area contributed by atoms with Crippen molar-refractivity contribution in [1.29, 1.82) is 0 Å². The van der Waals surface area contributed by atoms with Crippen LogP contribution in [0, 0.1) is 5.92 Å². The second kappa shape index (κ2) is 7.47. The van der Waals surface area contributed by atoms with Crippen molar-refractivity contribution in [3.05, 3.63) is 53.3 Å². The van der Waals surface area contributed by atoms with Crippen molar-refractivity contribution in [2.75, 3.05) is 13.1 Å². The molecule has 2 atom stereocenters. The normalized spacial score (nSPS) is 22.4. The minimum absolute atomic E-state index is 0.00439. The number of nitrogens with one attached hydrogen (secondary N) is 1. The summed E-state index contributed by atoms with van der Waals surface area (Å²) in [6.45, 7) is 6.75. The molecular weight excluding hydrogens is 336 g/mol. The summed E-state index contributed by atoms with van der Waals surface area (Å²) in [4.78, 5) is 15.6. The first-order valence-electron chi connectivity index (χ1n) is 10.1. The Morgan fingerprint density at radius 2 is 2.00 bits per heavy atom. The molecule has 1 amide bonds. The summed E-state index contributed by atoms with van der Waals surface area (Å²) >= 11 is 0. The van der Waals surface area contributed by atoms with Crippen LogP contribution >= 0.6 is 0 Å². The molecule has 1 aromatic heterocycles. The van der Waals surface area contributed by atoms with E-state index in [2.05, 4.69) is 53.4 Å². The first-order chi connectivity index (χ1) is 13.0. The molecule has 2 aromatic rings. The highest BCUT2D eigenvalue weighted by Gasteiger charge is 2.41. The van der Waals surface area contributed by atoms with Gasteiger partial charge in [0.25, 0.3) is 0 Å². The average molecular weight is 367 g/mol. The first-order valence-corrected chi connectivity index (χ1v) is 10.1. The van der Waals surface area contributed by atoms with Crippen LogP contribution in [0.4, 0.5) is 0 Å². The van der Waals surface area contributed by atoms with Crippen molar-refractivity contribution in [1.82, 2.24) is 20.0 Å². The summed E-state index contributed by atoms with van der Waals surface area (Å²) in [6.07, 6.45) is 6.22. The monoisotopic (exact) mass is 366 g/mol. The zero-order valence-electron chi connectivity index (χ0n) is 16.6. The summed E-state index contributed by atoms with van der Waals surface area (Å²) < 4.78 is 1.82. The van der Waals surface area contributed by atoms with E-state index in [4.69, 9.17) is 0 Å². The molecule has 2 aliphatic rings. The third-order valence-corrected chi connectivity index (χ3v) is 5.95. The molecule has 0 unspecified atom stereocenters. The minimum atomic E-state index is 0.00439. The first kappa shape index (κ1) is 18.2. The number of carbonyl (C=O) groups excluding carboxylic acids is 1. The van der Waals surface area contributed by atoms with Crippen LogP contribution in [0.25, 0.3) is 0 Å². The van der Waals surface area contributed by atoms with E-state index in [1.54, 1.807) is 0 Å². The molecule has 5 nitrogen and oxygen atoms in total. The maximum atomic E-state index is 13.5. The van der Waals surface area contributed by atoms with E-state index in [9.17, 15) is 4.79 Å². The number of aryl methyl sites for hydroxylation is 1. The van der Waals surface area contributed by atoms with Crippen molar-refractivity contribution < 1.29 is 4.79 Å². The Hall–Kier alpha value is -2.14. The molecule has 144 valence electrons. The maximum Gasteiger partial charge on any atom is 0.228 e. The number of hydrogen-bond donors (Lipinski definition) is 1. The molecular formula is C22H30N4O. The van der Waals surface area contributed by atoms with Gasteiger partial charge in [0.05, 0.1) is 12.1 Å². The highest BCUT2D eigenvalue weighted by atomic mass is 16.2. The number of carbonyl (C=O) groups is 1. The van der Waals surface area contributed by atoms with Crippen LogP contribution in [0.2, 0.25) is 0 Å². The number of benzene rings is 1. The Labute approximate surface area is 161 Å². The van der Waals surface area contributed by atoms with Gasteiger partial charge in [-0.25, -0.2) is 0 Å². The van der Waals surface area contributed by atoms with Gasteiger partial charge in [-0.05, 0) is 35.4 Å². The third-order valence-electron chi connectivity index (χ3n) is 5.95. The highest BCUT2D eigenvalue weighted by Crippen LogP contribution is 2.35. The highest BCUT2D eigenvalue weighted by molar-refractivity contribution is 5.81. The van der Waals surface area contributed by atoms with Crippen molar-refractivity contribution in [3.63, 3.8) is 0 Å². The van der Waals surface area contributed by atoms with Crippen LogP contribution < -0.4 is 5.32 Å². The molecule has 2 fully saturated rings. The largest absolute Gasteiger partial charge is 0.335 e. The quantitative estimate of drug-likeness (QED) is 0.855. The predicted octanol–water partition coefficient (Wildman–Crippen LogP) is 3.04. The van der Waals surface area contributed by atoms with Crippen molar-refractivity contribution in [3.8, 4) is 0 Å². The molecule has 1 saturated heterocycles. The fraction of sp³-hybridized carbons (Fsp3) is 0.545. The molecule has 1 aromatic carbocycles. The Kier molecular flexibility index (Phi) is 5.04. The summed E-state index contributed by atoms with van der Waals surface area (Å²) in [5, 5.41) is 7.73. The van der Waals surface area contributed by atoms with Gasteiger partial charge in [0, 0.05) is 44.8 Å². The Morgan fingerprint density at radius 3 is 2.59 bits per heavy atom. The van der Waals surface area contributed by atoms with Crippen LogP contribution in [0.5, 0.6) is 0 Å². The van der Waals surface area contributed by atoms with E-state index in [0.717, 1.165) is 38.0 Å². The summed E-state index contributed by atoms with van der Waals surface area (Å²) in [7, 11) is 1.93. The van der Waals surface area contributed by atoms with Crippen molar-refractivity contribution >= 4 is 5.91 Å². The predicted molar refractivity (Wildman–Crippen MR) is 106 cm³/mol.